The Balaban J connectivity index is 0.00000264. The van der Waals surface area contributed by atoms with Crippen LogP contribution < -0.4 is 11.1 Å². The molecular weight excluding hydrogens is 312 g/mol. The van der Waals surface area contributed by atoms with Crippen LogP contribution in [-0.4, -0.2) is 17.1 Å². The third-order valence-electron chi connectivity index (χ3n) is 3.59. The minimum absolute atomic E-state index is 0. The average Bonchev–Trinajstić information content (AvgIpc) is 2.55. The number of benzene rings is 2. The van der Waals surface area contributed by atoms with Gasteiger partial charge < -0.3 is 16.2 Å². The first-order chi connectivity index (χ1) is 10.6. The van der Waals surface area contributed by atoms with Crippen molar-refractivity contribution < 1.29 is 9.90 Å². The Morgan fingerprint density at radius 1 is 1.04 bits per heavy atom. The largest absolute Gasteiger partial charge is 0.388 e. The molecule has 2 aromatic carbocycles. The van der Waals surface area contributed by atoms with Crippen LogP contribution in [0.5, 0.6) is 0 Å². The molecule has 0 aliphatic rings. The van der Waals surface area contributed by atoms with Crippen LogP contribution in [0.1, 0.15) is 36.6 Å². The van der Waals surface area contributed by atoms with Crippen LogP contribution in [0.3, 0.4) is 0 Å². The summed E-state index contributed by atoms with van der Waals surface area (Å²) in [6.07, 6.45) is -0.165. The molecule has 0 aliphatic heterocycles. The van der Waals surface area contributed by atoms with Gasteiger partial charge in [0.1, 0.15) is 6.04 Å². The number of nitrogens with two attached hydrogens (primary N) is 1. The molecule has 23 heavy (non-hydrogen) atoms. The van der Waals surface area contributed by atoms with E-state index in [1.807, 2.05) is 67.6 Å². The Morgan fingerprint density at radius 2 is 1.52 bits per heavy atom. The number of nitrogens with one attached hydrogen (secondary N) is 1. The molecule has 4 N–H and O–H groups in total. The first-order valence-electron chi connectivity index (χ1n) is 7.42. The van der Waals surface area contributed by atoms with Gasteiger partial charge in [-0.15, -0.1) is 12.4 Å². The molecule has 5 heteroatoms. The molecule has 0 saturated heterocycles. The van der Waals surface area contributed by atoms with Gasteiger partial charge in [-0.05, 0) is 24.5 Å². The highest BCUT2D eigenvalue weighted by molar-refractivity contribution is 5.85. The van der Waals surface area contributed by atoms with Gasteiger partial charge in [-0.25, -0.2) is 0 Å². The van der Waals surface area contributed by atoms with Gasteiger partial charge in [0.2, 0.25) is 5.91 Å². The fourth-order valence-corrected chi connectivity index (χ4v) is 2.35. The number of hydrogen-bond acceptors (Lipinski definition) is 3. The van der Waals surface area contributed by atoms with Gasteiger partial charge in [0.25, 0.3) is 0 Å². The zero-order valence-electron chi connectivity index (χ0n) is 13.1. The highest BCUT2D eigenvalue weighted by Gasteiger charge is 2.19. The van der Waals surface area contributed by atoms with Crippen molar-refractivity contribution >= 4 is 18.3 Å². The lowest BCUT2D eigenvalue weighted by molar-refractivity contribution is -0.123. The second kappa shape index (κ2) is 9.30. The van der Waals surface area contributed by atoms with Crippen molar-refractivity contribution in [2.45, 2.75) is 31.5 Å². The maximum atomic E-state index is 12.2. The number of halogens is 1. The fourth-order valence-electron chi connectivity index (χ4n) is 2.35. The van der Waals surface area contributed by atoms with E-state index >= 15 is 0 Å². The van der Waals surface area contributed by atoms with Crippen molar-refractivity contribution in [1.82, 2.24) is 5.32 Å². The van der Waals surface area contributed by atoms with Crippen LogP contribution in [0.15, 0.2) is 60.7 Å². The second-order valence-corrected chi connectivity index (χ2v) is 5.46. The average molecular weight is 335 g/mol. The maximum absolute atomic E-state index is 12.2. The number of aliphatic hydroxyl groups excluding tert-OH is 1. The Morgan fingerprint density at radius 3 is 2.04 bits per heavy atom. The van der Waals surface area contributed by atoms with Gasteiger partial charge in [-0.1, -0.05) is 60.7 Å². The molecule has 0 bridgehead atoms. The van der Waals surface area contributed by atoms with Crippen LogP contribution in [-0.2, 0) is 4.79 Å². The quantitative estimate of drug-likeness (QED) is 0.760. The smallest absolute Gasteiger partial charge is 0.241 e. The molecule has 0 fully saturated rings. The number of carbonyl (C=O) groups excluding carboxylic acids is 1. The number of rotatable bonds is 6. The topological polar surface area (TPSA) is 75.3 Å². The van der Waals surface area contributed by atoms with Gasteiger partial charge in [0.15, 0.2) is 0 Å². The first kappa shape index (κ1) is 19.2. The summed E-state index contributed by atoms with van der Waals surface area (Å²) in [6, 6.07) is 17.8. The summed E-state index contributed by atoms with van der Waals surface area (Å²) < 4.78 is 0. The minimum atomic E-state index is -0.697. The van der Waals surface area contributed by atoms with Crippen LogP contribution in [0.25, 0.3) is 0 Å². The third-order valence-corrected chi connectivity index (χ3v) is 3.59. The van der Waals surface area contributed by atoms with Crippen molar-refractivity contribution in [3.8, 4) is 0 Å². The van der Waals surface area contributed by atoms with E-state index in [1.54, 1.807) is 0 Å². The fraction of sp³-hybridized carbons (Fsp3) is 0.278. The normalized spacial score (nSPS) is 14.2. The van der Waals surface area contributed by atoms with Crippen LogP contribution in [0, 0.1) is 0 Å². The Hall–Kier alpha value is -1.88. The molecule has 2 rings (SSSR count). The van der Waals surface area contributed by atoms with Crippen molar-refractivity contribution in [2.24, 2.45) is 5.73 Å². The van der Waals surface area contributed by atoms with Crippen LogP contribution >= 0.6 is 12.4 Å². The zero-order chi connectivity index (χ0) is 15.9. The van der Waals surface area contributed by atoms with Crippen molar-refractivity contribution in [1.29, 1.82) is 0 Å². The van der Waals surface area contributed by atoms with Gasteiger partial charge in [-0.3, -0.25) is 4.79 Å². The number of amides is 1. The monoisotopic (exact) mass is 334 g/mol. The molecule has 2 aromatic rings. The van der Waals surface area contributed by atoms with Crippen molar-refractivity contribution in [3.05, 3.63) is 71.8 Å². The Bertz CT molecular complexity index is 592. The molecule has 3 unspecified atom stereocenters. The molecule has 0 saturated carbocycles. The molecule has 4 nitrogen and oxygen atoms in total. The number of carbonyl (C=O) groups is 1. The molecule has 3 atom stereocenters. The van der Waals surface area contributed by atoms with Crippen LogP contribution in [0.4, 0.5) is 0 Å². The molecule has 0 heterocycles. The van der Waals surface area contributed by atoms with Crippen LogP contribution in [0.2, 0.25) is 0 Å². The molecule has 0 radical (unpaired) electrons. The van der Waals surface area contributed by atoms with E-state index in [9.17, 15) is 9.90 Å². The zero-order valence-corrected chi connectivity index (χ0v) is 13.9. The SMILES string of the molecule is CC(CC(O)c1ccccc1)NC(=O)C(N)c1ccccc1.Cl. The van der Waals surface area contributed by atoms with Gasteiger partial charge in [0, 0.05) is 6.04 Å². The lowest BCUT2D eigenvalue weighted by Crippen LogP contribution is -2.40. The summed E-state index contributed by atoms with van der Waals surface area (Å²) in [4.78, 5) is 12.2. The Kier molecular flexibility index (Phi) is 7.75. The number of hydrogen-bond donors (Lipinski definition) is 3. The maximum Gasteiger partial charge on any atom is 0.241 e. The second-order valence-electron chi connectivity index (χ2n) is 5.46. The lowest BCUT2D eigenvalue weighted by Gasteiger charge is -2.20. The lowest BCUT2D eigenvalue weighted by atomic mass is 10.0. The highest BCUT2D eigenvalue weighted by Crippen LogP contribution is 2.18. The molecule has 0 spiro atoms. The minimum Gasteiger partial charge on any atom is -0.388 e. The van der Waals surface area contributed by atoms with E-state index in [4.69, 9.17) is 5.73 Å². The van der Waals surface area contributed by atoms with Gasteiger partial charge >= 0.3 is 0 Å². The number of aliphatic hydroxyl groups is 1. The van der Waals surface area contributed by atoms with Crippen molar-refractivity contribution in [3.63, 3.8) is 0 Å². The van der Waals surface area contributed by atoms with E-state index in [0.29, 0.717) is 6.42 Å². The van der Waals surface area contributed by atoms with Crippen molar-refractivity contribution in [2.75, 3.05) is 0 Å². The van der Waals surface area contributed by atoms with E-state index in [0.717, 1.165) is 11.1 Å². The summed E-state index contributed by atoms with van der Waals surface area (Å²) in [5, 5.41) is 13.0. The summed E-state index contributed by atoms with van der Waals surface area (Å²) in [7, 11) is 0. The van der Waals surface area contributed by atoms with E-state index < -0.39 is 12.1 Å². The summed E-state index contributed by atoms with van der Waals surface area (Å²) in [5.41, 5.74) is 7.57. The summed E-state index contributed by atoms with van der Waals surface area (Å²) >= 11 is 0. The first-order valence-corrected chi connectivity index (χ1v) is 7.42. The molecule has 124 valence electrons. The van der Waals surface area contributed by atoms with E-state index in [-0.39, 0.29) is 24.4 Å². The molecule has 0 aliphatic carbocycles. The summed E-state index contributed by atoms with van der Waals surface area (Å²) in [6.45, 7) is 1.86. The summed E-state index contributed by atoms with van der Waals surface area (Å²) in [5.74, 6) is -0.237. The predicted molar refractivity (Wildman–Crippen MR) is 94.2 cm³/mol. The molecule has 0 aromatic heterocycles. The molecule has 1 amide bonds. The molecular formula is C18H23ClN2O2. The predicted octanol–water partition coefficient (Wildman–Crippen LogP) is 2.74. The van der Waals surface area contributed by atoms with Gasteiger partial charge in [0.05, 0.1) is 6.10 Å². The standard InChI is InChI=1S/C18H22N2O2.ClH/c1-13(12-16(21)14-8-4-2-5-9-14)20-18(22)17(19)15-10-6-3-7-11-15;/h2-11,13,16-17,21H,12,19H2,1H3,(H,20,22);1H. The third kappa shape index (κ3) is 5.67. The highest BCUT2D eigenvalue weighted by atomic mass is 35.5. The Labute approximate surface area is 143 Å². The van der Waals surface area contributed by atoms with E-state index in [1.165, 1.54) is 0 Å². The van der Waals surface area contributed by atoms with Gasteiger partial charge in [-0.2, -0.15) is 0 Å². The van der Waals surface area contributed by atoms with E-state index in [2.05, 4.69) is 5.32 Å².